The molecule has 0 atom stereocenters. The molecule has 0 aliphatic heterocycles. The Hall–Kier alpha value is -1.17. The summed E-state index contributed by atoms with van der Waals surface area (Å²) in [6.07, 6.45) is 0. The molecule has 0 saturated carbocycles. The zero-order chi connectivity index (χ0) is 14.8. The van der Waals surface area contributed by atoms with E-state index >= 15 is 0 Å². The zero-order valence-electron chi connectivity index (χ0n) is 12.8. The number of imidazole rings is 1. The van der Waals surface area contributed by atoms with Gasteiger partial charge < -0.3 is 14.4 Å². The summed E-state index contributed by atoms with van der Waals surface area (Å²) in [5.74, 6) is 0.665. The molecule has 0 bridgehead atoms. The quantitative estimate of drug-likeness (QED) is 0.657. The fourth-order valence-electron chi connectivity index (χ4n) is 2.09. The Morgan fingerprint density at radius 3 is 2.70 bits per heavy atom. The van der Waals surface area contributed by atoms with Crippen molar-refractivity contribution in [3.63, 3.8) is 0 Å². The van der Waals surface area contributed by atoms with Crippen molar-refractivity contribution < 1.29 is 9.84 Å². The molecular weight excluding hydrogens is 268 g/mol. The number of aliphatic hydroxyl groups excluding tert-OH is 1. The Bertz CT molecular complexity index is 587. The van der Waals surface area contributed by atoms with Gasteiger partial charge in [-0.05, 0) is 30.7 Å². The van der Waals surface area contributed by atoms with Gasteiger partial charge in [0.15, 0.2) is 0 Å². The Kier molecular flexibility index (Phi) is 4.62. The fourth-order valence-corrected chi connectivity index (χ4v) is 2.85. The lowest BCUT2D eigenvalue weighted by atomic mass is 10.2. The van der Waals surface area contributed by atoms with Crippen LogP contribution in [0.5, 0.6) is 0 Å². The van der Waals surface area contributed by atoms with Crippen LogP contribution in [0.4, 0.5) is 0 Å². The Labute approximate surface area is 121 Å². The first-order chi connectivity index (χ1) is 9.40. The van der Waals surface area contributed by atoms with Gasteiger partial charge in [0.25, 0.3) is 0 Å². The van der Waals surface area contributed by atoms with E-state index in [0.29, 0.717) is 12.6 Å². The maximum absolute atomic E-state index is 9.44. The smallest absolute Gasteiger partial charge is 0.137 e. The van der Waals surface area contributed by atoms with Crippen LogP contribution in [0.1, 0.15) is 11.4 Å². The maximum atomic E-state index is 9.44. The van der Waals surface area contributed by atoms with Crippen molar-refractivity contribution in [2.45, 2.75) is 45.9 Å². The molecule has 5 heteroatoms. The topological polar surface area (TPSA) is 47.3 Å². The third-order valence-corrected chi connectivity index (χ3v) is 5.05. The number of ether oxygens (including phenoxy) is 1. The summed E-state index contributed by atoms with van der Waals surface area (Å²) >= 11 is 0. The van der Waals surface area contributed by atoms with Crippen molar-refractivity contribution in [3.05, 3.63) is 29.6 Å². The molecule has 1 heterocycles. The number of hydrogen-bond acceptors (Lipinski definition) is 3. The number of fused-ring (bicyclic) bond motifs is 1. The van der Waals surface area contributed by atoms with Gasteiger partial charge in [-0.2, -0.15) is 0 Å². The number of benzene rings is 1. The number of aliphatic hydroxyl groups is 1. The minimum atomic E-state index is -1.06. The van der Waals surface area contributed by atoms with Crippen molar-refractivity contribution in [3.8, 4) is 0 Å². The van der Waals surface area contributed by atoms with Crippen molar-refractivity contribution >= 4 is 19.1 Å². The number of rotatable bonds is 6. The van der Waals surface area contributed by atoms with Crippen molar-refractivity contribution in [2.75, 3.05) is 6.61 Å². The molecule has 4 nitrogen and oxygen atoms in total. The molecule has 0 radical (unpaired) electrons. The summed E-state index contributed by atoms with van der Waals surface area (Å²) in [5, 5.41) is 9.44. The van der Waals surface area contributed by atoms with E-state index in [9.17, 15) is 5.11 Å². The van der Waals surface area contributed by atoms with E-state index in [-0.39, 0.29) is 6.61 Å². The predicted octanol–water partition coefficient (Wildman–Crippen LogP) is 3.15. The van der Waals surface area contributed by atoms with Gasteiger partial charge in [0, 0.05) is 14.7 Å². The highest BCUT2D eigenvalue weighted by Gasteiger charge is 2.13. The molecule has 1 aromatic heterocycles. The number of aryl methyl sites for hydroxylation is 1. The Morgan fingerprint density at radius 2 is 2.05 bits per heavy atom. The number of aromatic nitrogens is 2. The molecule has 0 aliphatic carbocycles. The highest BCUT2D eigenvalue weighted by molar-refractivity contribution is 6.76. The normalized spacial score (nSPS) is 12.2. The summed E-state index contributed by atoms with van der Waals surface area (Å²) in [6.45, 7) is 10.2. The van der Waals surface area contributed by atoms with Crippen LogP contribution in [-0.2, 0) is 18.1 Å². The van der Waals surface area contributed by atoms with Crippen LogP contribution < -0.4 is 0 Å². The van der Waals surface area contributed by atoms with Crippen LogP contribution in [0.15, 0.2) is 18.2 Å². The molecular formula is C15H24N2O2Si. The molecule has 20 heavy (non-hydrogen) atoms. The summed E-state index contributed by atoms with van der Waals surface area (Å²) < 4.78 is 7.74. The molecule has 1 N–H and O–H groups in total. The van der Waals surface area contributed by atoms with Crippen molar-refractivity contribution in [2.24, 2.45) is 0 Å². The average Bonchev–Trinajstić information content (AvgIpc) is 2.70. The van der Waals surface area contributed by atoms with Gasteiger partial charge in [-0.15, -0.1) is 0 Å². The molecule has 0 fully saturated rings. The molecule has 0 unspecified atom stereocenters. The van der Waals surface area contributed by atoms with Crippen molar-refractivity contribution in [1.82, 2.24) is 9.55 Å². The SMILES string of the molecule is Cc1ccc2c(c1)nc(CO)n2COCC[Si](C)(C)C. The second-order valence-electron chi connectivity index (χ2n) is 6.45. The molecule has 110 valence electrons. The van der Waals surface area contributed by atoms with Gasteiger partial charge in [0.2, 0.25) is 0 Å². The number of nitrogens with zero attached hydrogens (tertiary/aromatic N) is 2. The lowest BCUT2D eigenvalue weighted by molar-refractivity contribution is 0.0845. The second kappa shape index (κ2) is 6.07. The van der Waals surface area contributed by atoms with Crippen LogP contribution >= 0.6 is 0 Å². The Morgan fingerprint density at radius 1 is 1.30 bits per heavy atom. The Balaban J connectivity index is 2.12. The van der Waals surface area contributed by atoms with E-state index in [1.807, 2.05) is 23.6 Å². The summed E-state index contributed by atoms with van der Waals surface area (Å²) in [6, 6.07) is 7.28. The van der Waals surface area contributed by atoms with E-state index in [4.69, 9.17) is 4.74 Å². The standard InChI is InChI=1S/C15H24N2O2Si/c1-12-5-6-14-13(9-12)16-15(10-18)17(14)11-19-7-8-20(2,3)4/h5-6,9,18H,7-8,10-11H2,1-4H3. The third-order valence-electron chi connectivity index (χ3n) is 3.34. The number of hydrogen-bond donors (Lipinski definition) is 1. The van der Waals surface area contributed by atoms with Crippen LogP contribution in [0, 0.1) is 6.92 Å². The molecule has 0 aliphatic rings. The van der Waals surface area contributed by atoms with E-state index in [1.54, 1.807) is 0 Å². The first-order valence-corrected chi connectivity index (χ1v) is 10.8. The maximum Gasteiger partial charge on any atom is 0.137 e. The lowest BCUT2D eigenvalue weighted by Crippen LogP contribution is -2.22. The van der Waals surface area contributed by atoms with E-state index < -0.39 is 8.07 Å². The zero-order valence-corrected chi connectivity index (χ0v) is 13.8. The van der Waals surface area contributed by atoms with Crippen LogP contribution in [0.3, 0.4) is 0 Å². The van der Waals surface area contributed by atoms with Gasteiger partial charge in [0.05, 0.1) is 11.0 Å². The summed E-state index contributed by atoms with van der Waals surface area (Å²) in [7, 11) is -1.06. The second-order valence-corrected chi connectivity index (χ2v) is 12.1. The fraction of sp³-hybridized carbons (Fsp3) is 0.533. The molecule has 0 spiro atoms. The molecule has 0 amide bonds. The third kappa shape index (κ3) is 3.68. The lowest BCUT2D eigenvalue weighted by Gasteiger charge is -2.16. The molecule has 0 saturated heterocycles. The molecule has 1 aromatic carbocycles. The predicted molar refractivity (Wildman–Crippen MR) is 84.5 cm³/mol. The van der Waals surface area contributed by atoms with E-state index in [2.05, 4.69) is 30.7 Å². The van der Waals surface area contributed by atoms with E-state index in [1.165, 1.54) is 5.56 Å². The van der Waals surface area contributed by atoms with E-state index in [0.717, 1.165) is 23.7 Å². The van der Waals surface area contributed by atoms with Gasteiger partial charge in [0.1, 0.15) is 19.2 Å². The van der Waals surface area contributed by atoms with Crippen molar-refractivity contribution in [1.29, 1.82) is 0 Å². The first-order valence-electron chi connectivity index (χ1n) is 7.05. The molecule has 2 aromatic rings. The average molecular weight is 292 g/mol. The van der Waals surface area contributed by atoms with Gasteiger partial charge >= 0.3 is 0 Å². The summed E-state index contributed by atoms with van der Waals surface area (Å²) in [5.41, 5.74) is 3.11. The highest BCUT2D eigenvalue weighted by Crippen LogP contribution is 2.18. The first kappa shape index (κ1) is 15.2. The van der Waals surface area contributed by atoms with Gasteiger partial charge in [-0.3, -0.25) is 0 Å². The van der Waals surface area contributed by atoms with Gasteiger partial charge in [-0.1, -0.05) is 25.7 Å². The van der Waals surface area contributed by atoms with Crippen LogP contribution in [-0.4, -0.2) is 29.3 Å². The highest BCUT2D eigenvalue weighted by atomic mass is 28.3. The largest absolute Gasteiger partial charge is 0.388 e. The van der Waals surface area contributed by atoms with Crippen LogP contribution in [0.25, 0.3) is 11.0 Å². The van der Waals surface area contributed by atoms with Crippen LogP contribution in [0.2, 0.25) is 25.7 Å². The molecule has 2 rings (SSSR count). The minimum absolute atomic E-state index is 0.0644. The summed E-state index contributed by atoms with van der Waals surface area (Å²) in [4.78, 5) is 4.46. The monoisotopic (exact) mass is 292 g/mol. The minimum Gasteiger partial charge on any atom is -0.388 e. The van der Waals surface area contributed by atoms with Gasteiger partial charge in [-0.25, -0.2) is 4.98 Å².